The van der Waals surface area contributed by atoms with Crippen LogP contribution in [0.25, 0.3) is 0 Å². The van der Waals surface area contributed by atoms with Crippen LogP contribution in [0.5, 0.6) is 0 Å². The minimum atomic E-state index is -0.774. The van der Waals surface area contributed by atoms with Crippen LogP contribution in [0.2, 0.25) is 0 Å². The topological polar surface area (TPSA) is 87.7 Å². The van der Waals surface area contributed by atoms with Crippen molar-refractivity contribution in [2.24, 2.45) is 11.8 Å². The Morgan fingerprint density at radius 2 is 2.05 bits per heavy atom. The van der Waals surface area contributed by atoms with E-state index in [0.717, 1.165) is 6.42 Å². The first kappa shape index (κ1) is 15.8. The Hall–Kier alpha value is -1.30. The summed E-state index contributed by atoms with van der Waals surface area (Å²) in [6.45, 7) is 4.49. The summed E-state index contributed by atoms with van der Waals surface area (Å²) in [4.78, 5) is 22.7. The largest absolute Gasteiger partial charge is 0.481 e. The van der Waals surface area contributed by atoms with Crippen molar-refractivity contribution in [1.29, 1.82) is 0 Å². The zero-order valence-corrected chi connectivity index (χ0v) is 11.8. The Labute approximate surface area is 113 Å². The number of urea groups is 1. The summed E-state index contributed by atoms with van der Waals surface area (Å²) in [5.74, 6) is -0.824. The van der Waals surface area contributed by atoms with E-state index in [1.807, 2.05) is 13.8 Å². The van der Waals surface area contributed by atoms with Crippen molar-refractivity contribution >= 4 is 12.0 Å². The standard InChI is InChI=1S/C13H24N2O4/c1-8(2)11(7-19-3)15-13(18)14-10-5-4-9(6-10)12(16)17/h8-11H,4-7H2,1-3H3,(H,16,17)(H2,14,15,18). The molecule has 3 atom stereocenters. The maximum atomic E-state index is 11.8. The second-order valence-electron chi connectivity index (χ2n) is 5.47. The van der Waals surface area contributed by atoms with Crippen LogP contribution in [0.3, 0.4) is 0 Å². The number of carbonyl (C=O) groups excluding carboxylic acids is 1. The molecule has 1 aliphatic rings. The van der Waals surface area contributed by atoms with Crippen molar-refractivity contribution in [3.05, 3.63) is 0 Å². The van der Waals surface area contributed by atoms with E-state index in [1.54, 1.807) is 7.11 Å². The van der Waals surface area contributed by atoms with E-state index in [-0.39, 0.29) is 30.0 Å². The van der Waals surface area contributed by atoms with Gasteiger partial charge in [-0.25, -0.2) is 4.79 Å². The highest BCUT2D eigenvalue weighted by Gasteiger charge is 2.30. The van der Waals surface area contributed by atoms with E-state index in [9.17, 15) is 9.59 Å². The molecule has 0 aromatic carbocycles. The second kappa shape index (κ2) is 7.33. The van der Waals surface area contributed by atoms with E-state index >= 15 is 0 Å². The molecule has 6 heteroatoms. The smallest absolute Gasteiger partial charge is 0.315 e. The Kier molecular flexibility index (Phi) is 6.08. The SMILES string of the molecule is COCC(NC(=O)NC1CCC(C(=O)O)C1)C(C)C. The van der Waals surface area contributed by atoms with Crippen LogP contribution in [0, 0.1) is 11.8 Å². The molecule has 1 saturated carbocycles. The number of carboxylic acids is 1. The van der Waals surface area contributed by atoms with Gasteiger partial charge in [0.25, 0.3) is 0 Å². The number of ether oxygens (including phenoxy) is 1. The summed E-state index contributed by atoms with van der Waals surface area (Å²) in [5, 5.41) is 14.6. The van der Waals surface area contributed by atoms with Crippen molar-refractivity contribution < 1.29 is 19.4 Å². The maximum absolute atomic E-state index is 11.8. The van der Waals surface area contributed by atoms with Gasteiger partial charge in [0, 0.05) is 13.2 Å². The van der Waals surface area contributed by atoms with Crippen molar-refractivity contribution in [3.63, 3.8) is 0 Å². The van der Waals surface area contributed by atoms with Crippen LogP contribution >= 0.6 is 0 Å². The van der Waals surface area contributed by atoms with Gasteiger partial charge in [0.15, 0.2) is 0 Å². The van der Waals surface area contributed by atoms with E-state index < -0.39 is 5.97 Å². The normalized spacial score (nSPS) is 24.2. The van der Waals surface area contributed by atoms with E-state index in [4.69, 9.17) is 9.84 Å². The third kappa shape index (κ3) is 5.06. The molecule has 2 amide bonds. The fourth-order valence-electron chi connectivity index (χ4n) is 2.31. The van der Waals surface area contributed by atoms with E-state index in [0.29, 0.717) is 19.4 Å². The summed E-state index contributed by atoms with van der Waals surface area (Å²) < 4.78 is 5.06. The first-order valence-electron chi connectivity index (χ1n) is 6.72. The van der Waals surface area contributed by atoms with E-state index in [2.05, 4.69) is 10.6 Å². The number of carboxylic acid groups (broad SMARTS) is 1. The molecule has 1 fully saturated rings. The molecule has 1 aliphatic carbocycles. The monoisotopic (exact) mass is 272 g/mol. The second-order valence-corrected chi connectivity index (χ2v) is 5.47. The number of methoxy groups -OCH3 is 1. The summed E-state index contributed by atoms with van der Waals surface area (Å²) in [6.07, 6.45) is 1.87. The lowest BCUT2D eigenvalue weighted by Crippen LogP contribution is -2.49. The van der Waals surface area contributed by atoms with Gasteiger partial charge in [-0.05, 0) is 25.2 Å². The zero-order chi connectivity index (χ0) is 14.4. The molecular formula is C13H24N2O4. The Morgan fingerprint density at radius 1 is 1.37 bits per heavy atom. The number of carbonyl (C=O) groups is 2. The highest BCUT2D eigenvalue weighted by atomic mass is 16.5. The number of aliphatic carboxylic acids is 1. The summed E-state index contributed by atoms with van der Waals surface area (Å²) in [6, 6.07) is -0.329. The molecule has 19 heavy (non-hydrogen) atoms. The molecule has 0 bridgehead atoms. The number of rotatable bonds is 6. The average molecular weight is 272 g/mol. The number of hydrogen-bond acceptors (Lipinski definition) is 3. The first-order valence-corrected chi connectivity index (χ1v) is 6.72. The van der Waals surface area contributed by atoms with Crippen LogP contribution < -0.4 is 10.6 Å². The number of nitrogens with one attached hydrogen (secondary N) is 2. The molecule has 110 valence electrons. The average Bonchev–Trinajstić information content (AvgIpc) is 2.76. The van der Waals surface area contributed by atoms with Crippen LogP contribution in [0.1, 0.15) is 33.1 Å². The highest BCUT2D eigenvalue weighted by molar-refractivity contribution is 5.75. The van der Waals surface area contributed by atoms with Crippen LogP contribution in [0.4, 0.5) is 4.79 Å². The van der Waals surface area contributed by atoms with Gasteiger partial charge in [0.2, 0.25) is 0 Å². The minimum absolute atomic E-state index is 0.0401. The maximum Gasteiger partial charge on any atom is 0.315 e. The third-order valence-corrected chi connectivity index (χ3v) is 3.58. The lowest BCUT2D eigenvalue weighted by atomic mass is 10.1. The fraction of sp³-hybridized carbons (Fsp3) is 0.846. The third-order valence-electron chi connectivity index (χ3n) is 3.58. The molecule has 0 radical (unpaired) electrons. The van der Waals surface area contributed by atoms with Crippen LogP contribution in [0.15, 0.2) is 0 Å². The predicted molar refractivity (Wildman–Crippen MR) is 70.9 cm³/mol. The quantitative estimate of drug-likeness (QED) is 0.678. The molecule has 6 nitrogen and oxygen atoms in total. The fourth-order valence-corrected chi connectivity index (χ4v) is 2.31. The predicted octanol–water partition coefficient (Wildman–Crippen LogP) is 1.21. The molecule has 0 aromatic rings. The number of amides is 2. The van der Waals surface area contributed by atoms with Gasteiger partial charge in [0.1, 0.15) is 0 Å². The van der Waals surface area contributed by atoms with Gasteiger partial charge in [-0.3, -0.25) is 4.79 Å². The zero-order valence-electron chi connectivity index (χ0n) is 11.8. The molecule has 3 unspecified atom stereocenters. The Morgan fingerprint density at radius 3 is 2.53 bits per heavy atom. The lowest BCUT2D eigenvalue weighted by molar-refractivity contribution is -0.141. The van der Waals surface area contributed by atoms with Gasteiger partial charge in [0.05, 0.1) is 18.6 Å². The molecule has 0 heterocycles. The van der Waals surface area contributed by atoms with Gasteiger partial charge in [-0.2, -0.15) is 0 Å². The summed E-state index contributed by atoms with van der Waals surface area (Å²) in [5.41, 5.74) is 0. The number of hydrogen-bond donors (Lipinski definition) is 3. The van der Waals surface area contributed by atoms with Gasteiger partial charge in [-0.1, -0.05) is 13.8 Å². The molecule has 0 spiro atoms. The molecule has 0 aromatic heterocycles. The molecule has 0 aliphatic heterocycles. The van der Waals surface area contributed by atoms with Gasteiger partial charge < -0.3 is 20.5 Å². The van der Waals surface area contributed by atoms with Crippen LogP contribution in [-0.4, -0.2) is 42.9 Å². The summed E-state index contributed by atoms with van der Waals surface area (Å²) >= 11 is 0. The molecule has 0 saturated heterocycles. The van der Waals surface area contributed by atoms with Crippen molar-refractivity contribution in [2.75, 3.05) is 13.7 Å². The Balaban J connectivity index is 2.37. The molecule has 3 N–H and O–H groups in total. The summed E-state index contributed by atoms with van der Waals surface area (Å²) in [7, 11) is 1.60. The highest BCUT2D eigenvalue weighted by Crippen LogP contribution is 2.25. The van der Waals surface area contributed by atoms with Crippen LogP contribution in [-0.2, 0) is 9.53 Å². The van der Waals surface area contributed by atoms with Crippen molar-refractivity contribution in [3.8, 4) is 0 Å². The van der Waals surface area contributed by atoms with E-state index in [1.165, 1.54) is 0 Å². The first-order chi connectivity index (χ1) is 8.93. The Bertz CT molecular complexity index is 320. The van der Waals surface area contributed by atoms with Crippen molar-refractivity contribution in [1.82, 2.24) is 10.6 Å². The van der Waals surface area contributed by atoms with Gasteiger partial charge in [-0.15, -0.1) is 0 Å². The van der Waals surface area contributed by atoms with Gasteiger partial charge >= 0.3 is 12.0 Å². The molecular weight excluding hydrogens is 248 g/mol. The van der Waals surface area contributed by atoms with Crippen molar-refractivity contribution in [2.45, 2.75) is 45.2 Å². The molecule has 1 rings (SSSR count). The minimum Gasteiger partial charge on any atom is -0.481 e. The lowest BCUT2D eigenvalue weighted by Gasteiger charge is -2.23.